The molecule has 0 bridgehead atoms. The van der Waals surface area contributed by atoms with Gasteiger partial charge in [-0.2, -0.15) is 0 Å². The van der Waals surface area contributed by atoms with Crippen molar-refractivity contribution >= 4 is 8.07 Å². The molecular weight excluding hydrogens is 364 g/mol. The maximum atomic E-state index is 5.99. The van der Waals surface area contributed by atoms with Gasteiger partial charge < -0.3 is 15.0 Å². The van der Waals surface area contributed by atoms with Crippen molar-refractivity contribution < 1.29 is 4.74 Å². The van der Waals surface area contributed by atoms with E-state index in [0.29, 0.717) is 11.0 Å². The molecule has 6 heteroatoms. The number of nitrogens with zero attached hydrogens (tertiary/aromatic N) is 3. The molecule has 1 saturated heterocycles. The van der Waals surface area contributed by atoms with Crippen LogP contribution in [0, 0.1) is 5.92 Å². The van der Waals surface area contributed by atoms with Gasteiger partial charge in [-0.1, -0.05) is 33.1 Å². The molecule has 0 radical (unpaired) electrons. The van der Waals surface area contributed by atoms with E-state index in [2.05, 4.69) is 69.2 Å². The Kier molecular flexibility index (Phi) is 5.65. The van der Waals surface area contributed by atoms with Gasteiger partial charge in [0.15, 0.2) is 0 Å². The molecule has 1 aromatic rings. The molecule has 5 nitrogen and oxygen atoms in total. The highest BCUT2D eigenvalue weighted by molar-refractivity contribution is 6.80. The zero-order chi connectivity index (χ0) is 20.7. The third kappa shape index (κ3) is 4.42. The predicted octanol–water partition coefficient (Wildman–Crippen LogP) is 5.22. The molecule has 0 amide bonds. The Bertz CT molecular complexity index is 702. The van der Waals surface area contributed by atoms with Gasteiger partial charge in [0.1, 0.15) is 6.17 Å². The second-order valence-electron chi connectivity index (χ2n) is 10.8. The molecular formula is C22H40N4OSi. The first-order valence-corrected chi connectivity index (χ1v) is 14.3. The van der Waals surface area contributed by atoms with Crippen LogP contribution in [0.2, 0.25) is 24.7 Å². The SMILES string of the molecule is C=C(NC(C)n1ccc(OCCC2([Si](C)(C)C)CC2)n1)N1C[C@@H](C)CC1(C)C. The molecule has 1 aliphatic heterocycles. The summed E-state index contributed by atoms with van der Waals surface area (Å²) in [7, 11) is -1.10. The number of rotatable bonds is 9. The van der Waals surface area contributed by atoms with E-state index >= 15 is 0 Å². The van der Waals surface area contributed by atoms with Crippen LogP contribution in [0.3, 0.4) is 0 Å². The summed E-state index contributed by atoms with van der Waals surface area (Å²) in [6.45, 7) is 22.6. The fraction of sp³-hybridized carbons (Fsp3) is 0.773. The molecule has 1 aliphatic carbocycles. The van der Waals surface area contributed by atoms with Crippen LogP contribution in [-0.4, -0.2) is 41.4 Å². The van der Waals surface area contributed by atoms with Gasteiger partial charge in [0.05, 0.1) is 20.5 Å². The van der Waals surface area contributed by atoms with E-state index in [9.17, 15) is 0 Å². The Hall–Kier alpha value is -1.43. The van der Waals surface area contributed by atoms with Crippen LogP contribution in [0.25, 0.3) is 0 Å². The molecule has 2 heterocycles. The molecule has 0 aromatic carbocycles. The van der Waals surface area contributed by atoms with E-state index in [4.69, 9.17) is 4.74 Å². The van der Waals surface area contributed by atoms with Crippen molar-refractivity contribution in [1.82, 2.24) is 20.0 Å². The first-order valence-electron chi connectivity index (χ1n) is 10.8. The fourth-order valence-electron chi connectivity index (χ4n) is 4.94. The zero-order valence-electron chi connectivity index (χ0n) is 19.0. The van der Waals surface area contributed by atoms with Crippen molar-refractivity contribution in [1.29, 1.82) is 0 Å². The quantitative estimate of drug-likeness (QED) is 0.573. The maximum Gasteiger partial charge on any atom is 0.232 e. The lowest BCUT2D eigenvalue weighted by atomic mass is 9.98. The van der Waals surface area contributed by atoms with E-state index < -0.39 is 8.07 Å². The van der Waals surface area contributed by atoms with E-state index in [1.165, 1.54) is 25.7 Å². The average molecular weight is 405 g/mol. The highest BCUT2D eigenvalue weighted by Gasteiger charge is 2.52. The average Bonchev–Trinajstić information content (AvgIpc) is 3.12. The van der Waals surface area contributed by atoms with Gasteiger partial charge in [0.25, 0.3) is 0 Å². The monoisotopic (exact) mass is 404 g/mol. The van der Waals surface area contributed by atoms with Crippen LogP contribution < -0.4 is 10.1 Å². The largest absolute Gasteiger partial charge is 0.477 e. The summed E-state index contributed by atoms with van der Waals surface area (Å²) in [5.74, 6) is 2.39. The lowest BCUT2D eigenvalue weighted by Crippen LogP contribution is -2.42. The van der Waals surface area contributed by atoms with Gasteiger partial charge in [0, 0.05) is 24.3 Å². The van der Waals surface area contributed by atoms with Crippen LogP contribution in [0.1, 0.15) is 59.5 Å². The molecule has 0 spiro atoms. The van der Waals surface area contributed by atoms with E-state index in [1.807, 2.05) is 16.9 Å². The van der Waals surface area contributed by atoms with E-state index in [-0.39, 0.29) is 11.7 Å². The molecule has 2 atom stereocenters. The van der Waals surface area contributed by atoms with Gasteiger partial charge >= 0.3 is 0 Å². The lowest BCUT2D eigenvalue weighted by molar-refractivity contribution is 0.200. The van der Waals surface area contributed by atoms with Crippen LogP contribution in [0.5, 0.6) is 5.88 Å². The van der Waals surface area contributed by atoms with Gasteiger partial charge in [-0.25, -0.2) is 4.68 Å². The van der Waals surface area contributed by atoms with Crippen LogP contribution in [0.15, 0.2) is 24.7 Å². The Morgan fingerprint density at radius 1 is 1.39 bits per heavy atom. The highest BCUT2D eigenvalue weighted by Crippen LogP contribution is 2.63. The van der Waals surface area contributed by atoms with Gasteiger partial charge in [-0.15, -0.1) is 5.10 Å². The van der Waals surface area contributed by atoms with Crippen LogP contribution >= 0.6 is 0 Å². The lowest BCUT2D eigenvalue weighted by Gasteiger charge is -2.36. The Morgan fingerprint density at radius 3 is 2.61 bits per heavy atom. The summed E-state index contributed by atoms with van der Waals surface area (Å²) in [4.78, 5) is 2.39. The first kappa shape index (κ1) is 21.3. The summed E-state index contributed by atoms with van der Waals surface area (Å²) < 4.78 is 7.92. The molecule has 1 saturated carbocycles. The summed E-state index contributed by atoms with van der Waals surface area (Å²) in [6, 6.07) is 1.97. The van der Waals surface area contributed by atoms with Crippen LogP contribution in [0.4, 0.5) is 0 Å². The molecule has 3 rings (SSSR count). The summed E-state index contributed by atoms with van der Waals surface area (Å²) in [5.41, 5.74) is 0.150. The normalized spacial score (nSPS) is 24.1. The molecule has 2 aliphatic rings. The molecule has 1 unspecified atom stereocenters. The summed E-state index contributed by atoms with van der Waals surface area (Å²) >= 11 is 0. The molecule has 1 aromatic heterocycles. The minimum absolute atomic E-state index is 0.0355. The maximum absolute atomic E-state index is 5.99. The van der Waals surface area contributed by atoms with Crippen molar-refractivity contribution in [3.63, 3.8) is 0 Å². The standard InChI is InChI=1S/C22H40N4OSi/c1-17-15-21(4,5)25(16-17)18(2)23-19(3)26-13-9-20(24-26)27-14-12-22(10-11-22)28(6,7)8/h9,13,17,19,23H,2,10-12,14-16H2,1,3-8H3/t17-,19?/m0/s1. The molecule has 28 heavy (non-hydrogen) atoms. The highest BCUT2D eigenvalue weighted by atomic mass is 28.3. The van der Waals surface area contributed by atoms with Crippen molar-refractivity contribution in [2.75, 3.05) is 13.2 Å². The molecule has 1 N–H and O–H groups in total. The third-order valence-corrected chi connectivity index (χ3v) is 11.0. The third-order valence-electron chi connectivity index (χ3n) is 7.03. The first-order chi connectivity index (χ1) is 12.9. The zero-order valence-corrected chi connectivity index (χ0v) is 20.0. The number of hydrogen-bond donors (Lipinski definition) is 1. The Balaban J connectivity index is 1.50. The minimum Gasteiger partial charge on any atom is -0.477 e. The molecule has 158 valence electrons. The van der Waals surface area contributed by atoms with Crippen molar-refractivity contribution in [3.8, 4) is 5.88 Å². The summed E-state index contributed by atoms with van der Waals surface area (Å²) in [6.07, 6.45) is 7.16. The molecule has 2 fully saturated rings. The Labute approximate surface area is 172 Å². The minimum atomic E-state index is -1.10. The number of likely N-dealkylation sites (tertiary alicyclic amines) is 1. The topological polar surface area (TPSA) is 42.3 Å². The van der Waals surface area contributed by atoms with E-state index in [0.717, 1.165) is 24.9 Å². The Morgan fingerprint density at radius 2 is 2.07 bits per heavy atom. The smallest absolute Gasteiger partial charge is 0.232 e. The van der Waals surface area contributed by atoms with Crippen LogP contribution in [-0.2, 0) is 0 Å². The summed E-state index contributed by atoms with van der Waals surface area (Å²) in [5, 5.41) is 8.75. The fourth-order valence-corrected chi connectivity index (χ4v) is 7.41. The van der Waals surface area contributed by atoms with Gasteiger partial charge in [-0.3, -0.25) is 0 Å². The van der Waals surface area contributed by atoms with Crippen molar-refractivity contribution in [2.45, 2.75) is 89.8 Å². The van der Waals surface area contributed by atoms with Gasteiger partial charge in [-0.05, 0) is 57.4 Å². The second-order valence-corrected chi connectivity index (χ2v) is 16.3. The van der Waals surface area contributed by atoms with Gasteiger partial charge in [0.2, 0.25) is 5.88 Å². The number of hydrogen-bond acceptors (Lipinski definition) is 4. The number of ether oxygens (including phenoxy) is 1. The van der Waals surface area contributed by atoms with Crippen molar-refractivity contribution in [3.05, 3.63) is 24.7 Å². The predicted molar refractivity (Wildman–Crippen MR) is 119 cm³/mol. The number of aromatic nitrogens is 2. The van der Waals surface area contributed by atoms with E-state index in [1.54, 1.807) is 0 Å². The number of nitrogens with one attached hydrogen (secondary N) is 1. The second kappa shape index (κ2) is 7.43. The van der Waals surface area contributed by atoms with Crippen molar-refractivity contribution in [2.24, 2.45) is 5.92 Å².